The fraction of sp³-hybridized carbons (Fsp3) is 0.643. The Morgan fingerprint density at radius 2 is 2.20 bits per heavy atom. The standard InChI is InChI=1S/C14H19F2N7OS/c1-21(8-11-17-6-7-22(11)13(15)16)12(24)9-25-14-18-19-20-23(14)10-4-2-3-5-10/h6-7,10,13H,2-5,8-9H2,1H3. The highest BCUT2D eigenvalue weighted by Gasteiger charge is 2.23. The zero-order valence-corrected chi connectivity index (χ0v) is 14.6. The molecule has 1 saturated carbocycles. The number of halogens is 2. The van der Waals surface area contributed by atoms with Crippen molar-refractivity contribution in [2.24, 2.45) is 0 Å². The van der Waals surface area contributed by atoms with Crippen molar-refractivity contribution < 1.29 is 13.6 Å². The summed E-state index contributed by atoms with van der Waals surface area (Å²) in [5, 5.41) is 12.3. The summed E-state index contributed by atoms with van der Waals surface area (Å²) < 4.78 is 28.2. The van der Waals surface area contributed by atoms with Crippen molar-refractivity contribution in [2.75, 3.05) is 12.8 Å². The van der Waals surface area contributed by atoms with E-state index in [2.05, 4.69) is 20.5 Å². The van der Waals surface area contributed by atoms with Crippen molar-refractivity contribution in [3.8, 4) is 0 Å². The van der Waals surface area contributed by atoms with Crippen molar-refractivity contribution in [3.05, 3.63) is 18.2 Å². The van der Waals surface area contributed by atoms with Crippen LogP contribution in [0.4, 0.5) is 8.78 Å². The normalized spacial score (nSPS) is 15.2. The molecular formula is C14H19F2N7OS. The molecule has 1 aliphatic rings. The molecule has 2 aromatic rings. The smallest absolute Gasteiger partial charge is 0.319 e. The lowest BCUT2D eigenvalue weighted by molar-refractivity contribution is -0.127. The zero-order chi connectivity index (χ0) is 17.8. The van der Waals surface area contributed by atoms with Crippen molar-refractivity contribution in [1.82, 2.24) is 34.7 Å². The summed E-state index contributed by atoms with van der Waals surface area (Å²) in [4.78, 5) is 17.5. The van der Waals surface area contributed by atoms with Gasteiger partial charge in [0.1, 0.15) is 5.82 Å². The second-order valence-electron chi connectivity index (χ2n) is 5.91. The Kier molecular flexibility index (Phi) is 5.61. The van der Waals surface area contributed by atoms with Crippen LogP contribution in [-0.2, 0) is 11.3 Å². The largest absolute Gasteiger partial charge is 0.338 e. The fourth-order valence-corrected chi connectivity index (χ4v) is 3.72. The Morgan fingerprint density at radius 1 is 1.44 bits per heavy atom. The molecule has 25 heavy (non-hydrogen) atoms. The average Bonchev–Trinajstić information content (AvgIpc) is 3.32. The summed E-state index contributed by atoms with van der Waals surface area (Å²) in [6, 6.07) is 0.295. The highest BCUT2D eigenvalue weighted by Crippen LogP contribution is 2.31. The highest BCUT2D eigenvalue weighted by molar-refractivity contribution is 7.99. The minimum Gasteiger partial charge on any atom is -0.338 e. The molecular weight excluding hydrogens is 352 g/mol. The van der Waals surface area contributed by atoms with E-state index in [-0.39, 0.29) is 24.0 Å². The van der Waals surface area contributed by atoms with Gasteiger partial charge in [0, 0.05) is 19.4 Å². The first-order valence-electron chi connectivity index (χ1n) is 8.00. The van der Waals surface area contributed by atoms with Crippen LogP contribution in [0.15, 0.2) is 17.6 Å². The summed E-state index contributed by atoms with van der Waals surface area (Å²) in [5.74, 6) is 0.0836. The summed E-state index contributed by atoms with van der Waals surface area (Å²) in [5.41, 5.74) is 0. The third-order valence-electron chi connectivity index (χ3n) is 4.22. The van der Waals surface area contributed by atoms with E-state index in [1.165, 1.54) is 29.1 Å². The van der Waals surface area contributed by atoms with Gasteiger partial charge in [-0.1, -0.05) is 24.6 Å². The number of hydrogen-bond donors (Lipinski definition) is 0. The van der Waals surface area contributed by atoms with E-state index < -0.39 is 6.55 Å². The van der Waals surface area contributed by atoms with Crippen LogP contribution in [0.25, 0.3) is 0 Å². The predicted octanol–water partition coefficient (Wildman–Crippen LogP) is 2.13. The van der Waals surface area contributed by atoms with Gasteiger partial charge in [0.2, 0.25) is 11.1 Å². The van der Waals surface area contributed by atoms with Gasteiger partial charge in [-0.25, -0.2) is 9.67 Å². The molecule has 0 saturated heterocycles. The molecule has 0 bridgehead atoms. The molecule has 0 aliphatic heterocycles. The SMILES string of the molecule is CN(Cc1nccn1C(F)F)C(=O)CSc1nnnn1C1CCCC1. The summed E-state index contributed by atoms with van der Waals surface area (Å²) in [6.45, 7) is -2.66. The minimum absolute atomic E-state index is 0.0182. The van der Waals surface area contributed by atoms with Gasteiger partial charge in [0.15, 0.2) is 0 Å². The Hall–Kier alpha value is -2.04. The highest BCUT2D eigenvalue weighted by atomic mass is 32.2. The van der Waals surface area contributed by atoms with Gasteiger partial charge < -0.3 is 4.90 Å². The van der Waals surface area contributed by atoms with Gasteiger partial charge >= 0.3 is 6.55 Å². The quantitative estimate of drug-likeness (QED) is 0.694. The Bertz CT molecular complexity index is 714. The van der Waals surface area contributed by atoms with Crippen LogP contribution >= 0.6 is 11.8 Å². The number of nitrogens with zero attached hydrogens (tertiary/aromatic N) is 7. The van der Waals surface area contributed by atoms with Crippen LogP contribution in [0, 0.1) is 0 Å². The molecule has 0 unspecified atom stereocenters. The van der Waals surface area contributed by atoms with E-state index in [9.17, 15) is 13.6 Å². The number of alkyl halides is 2. The maximum Gasteiger partial charge on any atom is 0.319 e. The monoisotopic (exact) mass is 371 g/mol. The lowest BCUT2D eigenvalue weighted by atomic mass is 10.3. The molecule has 1 amide bonds. The summed E-state index contributed by atoms with van der Waals surface area (Å²) in [6.07, 6.45) is 6.90. The molecule has 0 radical (unpaired) electrons. The number of imidazole rings is 1. The lowest BCUT2D eigenvalue weighted by Gasteiger charge is -2.17. The van der Waals surface area contributed by atoms with Gasteiger partial charge in [-0.3, -0.25) is 9.36 Å². The molecule has 0 spiro atoms. The first-order valence-corrected chi connectivity index (χ1v) is 8.99. The molecule has 2 heterocycles. The molecule has 0 N–H and O–H groups in total. The van der Waals surface area contributed by atoms with Crippen LogP contribution in [0.1, 0.15) is 44.1 Å². The molecule has 3 rings (SSSR count). The molecule has 136 valence electrons. The van der Waals surface area contributed by atoms with Crippen LogP contribution in [0.5, 0.6) is 0 Å². The van der Waals surface area contributed by atoms with E-state index in [0.29, 0.717) is 11.2 Å². The van der Waals surface area contributed by atoms with E-state index in [0.717, 1.165) is 30.3 Å². The maximum atomic E-state index is 12.8. The predicted molar refractivity (Wildman–Crippen MR) is 86.0 cm³/mol. The first-order chi connectivity index (χ1) is 12.1. The number of aromatic nitrogens is 6. The molecule has 2 aromatic heterocycles. The molecule has 11 heteroatoms. The number of thioether (sulfide) groups is 1. The molecule has 1 aliphatic carbocycles. The van der Waals surface area contributed by atoms with Crippen molar-refractivity contribution in [1.29, 1.82) is 0 Å². The first kappa shape index (κ1) is 17.8. The van der Waals surface area contributed by atoms with Crippen LogP contribution in [-0.4, -0.2) is 53.4 Å². The van der Waals surface area contributed by atoms with E-state index >= 15 is 0 Å². The molecule has 0 aromatic carbocycles. The van der Waals surface area contributed by atoms with Gasteiger partial charge in [0.05, 0.1) is 18.3 Å². The number of tetrazole rings is 1. The van der Waals surface area contributed by atoms with E-state index in [4.69, 9.17) is 0 Å². The fourth-order valence-electron chi connectivity index (χ4n) is 2.84. The van der Waals surface area contributed by atoms with Gasteiger partial charge in [-0.15, -0.1) is 5.10 Å². The Morgan fingerprint density at radius 3 is 2.92 bits per heavy atom. The number of carbonyl (C=O) groups excluding carboxylic acids is 1. The van der Waals surface area contributed by atoms with Crippen molar-refractivity contribution in [3.63, 3.8) is 0 Å². The molecule has 0 atom stereocenters. The summed E-state index contributed by atoms with van der Waals surface area (Å²) in [7, 11) is 1.56. The number of hydrogen-bond acceptors (Lipinski definition) is 6. The second kappa shape index (κ2) is 7.89. The summed E-state index contributed by atoms with van der Waals surface area (Å²) >= 11 is 1.26. The van der Waals surface area contributed by atoms with Crippen molar-refractivity contribution >= 4 is 17.7 Å². The zero-order valence-electron chi connectivity index (χ0n) is 13.8. The Balaban J connectivity index is 1.55. The Labute approximate surface area is 147 Å². The lowest BCUT2D eigenvalue weighted by Crippen LogP contribution is -2.29. The number of carbonyl (C=O) groups is 1. The van der Waals surface area contributed by atoms with Crippen molar-refractivity contribution in [2.45, 2.75) is 50.0 Å². The van der Waals surface area contributed by atoms with Crippen LogP contribution in [0.2, 0.25) is 0 Å². The molecule has 1 fully saturated rings. The minimum atomic E-state index is -2.67. The van der Waals surface area contributed by atoms with Gasteiger partial charge in [0.25, 0.3) is 0 Å². The molecule has 8 nitrogen and oxygen atoms in total. The van der Waals surface area contributed by atoms with Gasteiger partial charge in [-0.05, 0) is 23.3 Å². The third kappa shape index (κ3) is 4.14. The second-order valence-corrected chi connectivity index (χ2v) is 6.85. The van der Waals surface area contributed by atoms with E-state index in [1.54, 1.807) is 11.7 Å². The van der Waals surface area contributed by atoms with Crippen LogP contribution < -0.4 is 0 Å². The van der Waals surface area contributed by atoms with Crippen LogP contribution in [0.3, 0.4) is 0 Å². The van der Waals surface area contributed by atoms with Gasteiger partial charge in [-0.2, -0.15) is 8.78 Å². The maximum absolute atomic E-state index is 12.8. The third-order valence-corrected chi connectivity index (χ3v) is 5.14. The van der Waals surface area contributed by atoms with E-state index in [1.807, 2.05) is 0 Å². The average molecular weight is 371 g/mol. The topological polar surface area (TPSA) is 81.7 Å². The number of rotatable bonds is 7. The number of amides is 1.